The van der Waals surface area contributed by atoms with Gasteiger partial charge in [0.1, 0.15) is 17.3 Å². The molecule has 24 heavy (non-hydrogen) atoms. The first-order chi connectivity index (χ1) is 11.4. The first-order valence-electron chi connectivity index (χ1n) is 6.96. The van der Waals surface area contributed by atoms with Gasteiger partial charge in [-0.1, -0.05) is 15.9 Å². The van der Waals surface area contributed by atoms with Crippen LogP contribution in [0.3, 0.4) is 0 Å². The number of carbonyl (C=O) groups is 1. The summed E-state index contributed by atoms with van der Waals surface area (Å²) in [6.07, 6.45) is 0. The molecule has 2 heterocycles. The Morgan fingerprint density at radius 3 is 2.75 bits per heavy atom. The topological polar surface area (TPSA) is 78.4 Å². The SMILES string of the molecule is Cc1cc(-c2nnc(COC(=O)c3cc(Br)ccc3F)o2)c(C)o1. The van der Waals surface area contributed by atoms with Crippen LogP contribution < -0.4 is 0 Å². The summed E-state index contributed by atoms with van der Waals surface area (Å²) < 4.78 is 30.1. The molecule has 0 N–H and O–H groups in total. The van der Waals surface area contributed by atoms with E-state index < -0.39 is 11.8 Å². The van der Waals surface area contributed by atoms with Gasteiger partial charge in [0.25, 0.3) is 11.8 Å². The van der Waals surface area contributed by atoms with Crippen molar-refractivity contribution >= 4 is 21.9 Å². The smallest absolute Gasteiger partial charge is 0.341 e. The zero-order valence-electron chi connectivity index (χ0n) is 12.8. The second kappa shape index (κ2) is 6.56. The fourth-order valence-electron chi connectivity index (χ4n) is 2.12. The summed E-state index contributed by atoms with van der Waals surface area (Å²) in [6.45, 7) is 3.33. The van der Waals surface area contributed by atoms with Gasteiger partial charge in [0.05, 0.1) is 11.1 Å². The number of nitrogens with zero attached hydrogens (tertiary/aromatic N) is 2. The Bertz CT molecular complexity index is 903. The number of hydrogen-bond acceptors (Lipinski definition) is 6. The van der Waals surface area contributed by atoms with Crippen LogP contribution >= 0.6 is 15.9 Å². The maximum absolute atomic E-state index is 13.6. The second-order valence-electron chi connectivity index (χ2n) is 5.03. The minimum atomic E-state index is -0.816. The lowest BCUT2D eigenvalue weighted by Crippen LogP contribution is -2.07. The largest absolute Gasteiger partial charge is 0.466 e. The van der Waals surface area contributed by atoms with Crippen molar-refractivity contribution in [3.05, 3.63) is 57.5 Å². The fraction of sp³-hybridized carbons (Fsp3) is 0.188. The lowest BCUT2D eigenvalue weighted by atomic mass is 10.2. The first kappa shape index (κ1) is 16.4. The number of carbonyl (C=O) groups excluding carboxylic acids is 1. The third kappa shape index (κ3) is 3.38. The van der Waals surface area contributed by atoms with Gasteiger partial charge in [0, 0.05) is 4.47 Å². The molecule has 0 fully saturated rings. The number of furan rings is 1. The average molecular weight is 395 g/mol. The summed E-state index contributed by atoms with van der Waals surface area (Å²) in [5, 5.41) is 7.70. The number of aryl methyl sites for hydroxylation is 2. The number of halogens is 2. The van der Waals surface area contributed by atoms with E-state index in [0.29, 0.717) is 15.8 Å². The van der Waals surface area contributed by atoms with Crippen molar-refractivity contribution in [1.82, 2.24) is 10.2 Å². The quantitative estimate of drug-likeness (QED) is 0.616. The summed E-state index contributed by atoms with van der Waals surface area (Å²) >= 11 is 3.17. The molecule has 1 aromatic carbocycles. The highest BCUT2D eigenvalue weighted by Gasteiger charge is 2.17. The Kier molecular flexibility index (Phi) is 4.48. The van der Waals surface area contributed by atoms with Gasteiger partial charge in [-0.3, -0.25) is 0 Å². The van der Waals surface area contributed by atoms with Crippen LogP contribution in [0.15, 0.2) is 37.6 Å². The number of hydrogen-bond donors (Lipinski definition) is 0. The fourth-order valence-corrected chi connectivity index (χ4v) is 2.48. The number of ether oxygens (including phenoxy) is 1. The van der Waals surface area contributed by atoms with Gasteiger partial charge < -0.3 is 13.6 Å². The van der Waals surface area contributed by atoms with E-state index in [-0.39, 0.29) is 24.0 Å². The lowest BCUT2D eigenvalue weighted by molar-refractivity contribution is 0.0433. The van der Waals surface area contributed by atoms with Crippen molar-refractivity contribution in [3.63, 3.8) is 0 Å². The molecule has 0 atom stereocenters. The van der Waals surface area contributed by atoms with Gasteiger partial charge in [-0.15, -0.1) is 10.2 Å². The molecule has 0 aliphatic heterocycles. The molecule has 0 aliphatic carbocycles. The summed E-state index contributed by atoms with van der Waals surface area (Å²) in [4.78, 5) is 11.9. The van der Waals surface area contributed by atoms with Crippen LogP contribution in [-0.4, -0.2) is 16.2 Å². The highest BCUT2D eigenvalue weighted by Crippen LogP contribution is 2.25. The predicted molar refractivity (Wildman–Crippen MR) is 84.7 cm³/mol. The lowest BCUT2D eigenvalue weighted by Gasteiger charge is -2.03. The molecule has 0 amide bonds. The Balaban J connectivity index is 1.70. The van der Waals surface area contributed by atoms with Crippen LogP contribution in [-0.2, 0) is 11.3 Å². The normalized spacial score (nSPS) is 10.8. The molecule has 0 aliphatic rings. The van der Waals surface area contributed by atoms with Crippen molar-refractivity contribution in [2.45, 2.75) is 20.5 Å². The highest BCUT2D eigenvalue weighted by atomic mass is 79.9. The monoisotopic (exact) mass is 394 g/mol. The summed E-state index contributed by atoms with van der Waals surface area (Å²) in [7, 11) is 0. The van der Waals surface area contributed by atoms with E-state index in [0.717, 1.165) is 5.76 Å². The first-order valence-corrected chi connectivity index (χ1v) is 7.75. The Morgan fingerprint density at radius 1 is 1.25 bits per heavy atom. The maximum Gasteiger partial charge on any atom is 0.341 e. The standard InChI is InChI=1S/C16H12BrFN2O4/c1-8-5-11(9(2)23-8)15-20-19-14(24-15)7-22-16(21)12-6-10(17)3-4-13(12)18/h3-6H,7H2,1-2H3. The zero-order valence-corrected chi connectivity index (χ0v) is 14.4. The molecular formula is C16H12BrFN2O4. The van der Waals surface area contributed by atoms with Crippen LogP contribution in [0.4, 0.5) is 4.39 Å². The molecule has 0 spiro atoms. The third-order valence-corrected chi connectivity index (χ3v) is 3.71. The average Bonchev–Trinajstić information content (AvgIpc) is 3.13. The minimum Gasteiger partial charge on any atom is -0.466 e. The zero-order chi connectivity index (χ0) is 17.3. The molecule has 0 saturated heterocycles. The van der Waals surface area contributed by atoms with E-state index in [1.807, 2.05) is 6.92 Å². The number of aromatic nitrogens is 2. The summed E-state index contributed by atoms with van der Waals surface area (Å²) in [5.41, 5.74) is 0.501. The van der Waals surface area contributed by atoms with Crippen molar-refractivity contribution in [2.75, 3.05) is 0 Å². The van der Waals surface area contributed by atoms with Gasteiger partial charge in [-0.2, -0.15) is 0 Å². The highest BCUT2D eigenvalue weighted by molar-refractivity contribution is 9.10. The number of rotatable bonds is 4. The van der Waals surface area contributed by atoms with E-state index in [1.165, 1.54) is 18.2 Å². The van der Waals surface area contributed by atoms with Crippen LogP contribution in [0.25, 0.3) is 11.5 Å². The van der Waals surface area contributed by atoms with Gasteiger partial charge >= 0.3 is 5.97 Å². The van der Waals surface area contributed by atoms with Crippen LogP contribution in [0.2, 0.25) is 0 Å². The third-order valence-electron chi connectivity index (χ3n) is 3.21. The second-order valence-corrected chi connectivity index (χ2v) is 5.94. The number of esters is 1. The van der Waals surface area contributed by atoms with Gasteiger partial charge in [0.15, 0.2) is 6.61 Å². The molecule has 8 heteroatoms. The van der Waals surface area contributed by atoms with Crippen molar-refractivity contribution in [2.24, 2.45) is 0 Å². The van der Waals surface area contributed by atoms with Crippen LogP contribution in [0.5, 0.6) is 0 Å². The van der Waals surface area contributed by atoms with Crippen LogP contribution in [0, 0.1) is 19.7 Å². The van der Waals surface area contributed by atoms with Gasteiger partial charge in [0.2, 0.25) is 0 Å². The molecule has 124 valence electrons. The minimum absolute atomic E-state index is 0.104. The summed E-state index contributed by atoms with van der Waals surface area (Å²) in [5.74, 6) is 0.258. The van der Waals surface area contributed by atoms with Crippen molar-refractivity contribution in [3.8, 4) is 11.5 Å². The van der Waals surface area contributed by atoms with E-state index in [4.69, 9.17) is 13.6 Å². The Morgan fingerprint density at radius 2 is 2.04 bits per heavy atom. The predicted octanol–water partition coefficient (Wildman–Crippen LogP) is 4.21. The summed E-state index contributed by atoms with van der Waals surface area (Å²) in [6, 6.07) is 5.78. The molecule has 0 radical (unpaired) electrons. The van der Waals surface area contributed by atoms with Crippen LogP contribution in [0.1, 0.15) is 27.8 Å². The van der Waals surface area contributed by atoms with Gasteiger partial charge in [-0.05, 0) is 38.1 Å². The van der Waals surface area contributed by atoms with Gasteiger partial charge in [-0.25, -0.2) is 9.18 Å². The van der Waals surface area contributed by atoms with E-state index in [2.05, 4.69) is 26.1 Å². The van der Waals surface area contributed by atoms with E-state index >= 15 is 0 Å². The molecule has 3 aromatic rings. The molecule has 6 nitrogen and oxygen atoms in total. The Labute approximate surface area is 144 Å². The molecular weight excluding hydrogens is 383 g/mol. The number of benzene rings is 1. The molecule has 0 unspecified atom stereocenters. The van der Waals surface area contributed by atoms with E-state index in [9.17, 15) is 9.18 Å². The Hall–Kier alpha value is -2.48. The van der Waals surface area contributed by atoms with Crippen molar-refractivity contribution < 1.29 is 22.8 Å². The van der Waals surface area contributed by atoms with Crippen molar-refractivity contribution in [1.29, 1.82) is 0 Å². The maximum atomic E-state index is 13.6. The molecule has 0 bridgehead atoms. The van der Waals surface area contributed by atoms with E-state index in [1.54, 1.807) is 13.0 Å². The molecule has 2 aromatic heterocycles. The molecule has 0 saturated carbocycles. The molecule has 3 rings (SSSR count).